The fourth-order valence-electron chi connectivity index (χ4n) is 3.72. The van der Waals surface area contributed by atoms with Crippen LogP contribution >= 0.6 is 0 Å². The number of carbonyl (C=O) groups is 1. The van der Waals surface area contributed by atoms with Crippen molar-refractivity contribution >= 4 is 5.91 Å². The lowest BCUT2D eigenvalue weighted by Crippen LogP contribution is -2.51. The average Bonchev–Trinajstić information content (AvgIpc) is 3.16. The van der Waals surface area contributed by atoms with Crippen molar-refractivity contribution in [2.45, 2.75) is 44.8 Å². The minimum atomic E-state index is -0.572. The second-order valence-corrected chi connectivity index (χ2v) is 6.69. The van der Waals surface area contributed by atoms with Gasteiger partial charge in [0.05, 0.1) is 5.56 Å². The Morgan fingerprint density at radius 2 is 2.00 bits per heavy atom. The third-order valence-electron chi connectivity index (χ3n) is 5.02. The van der Waals surface area contributed by atoms with Gasteiger partial charge in [0.25, 0.3) is 5.91 Å². The minimum Gasteiger partial charge on any atom is -0.480 e. The number of likely N-dealkylation sites (tertiary alicyclic amines) is 2. The Kier molecular flexibility index (Phi) is 5.37. The number of hydrogen-bond acceptors (Lipinski definition) is 4. The number of ether oxygens (including phenoxy) is 1. The lowest BCUT2D eigenvalue weighted by molar-refractivity contribution is -0.140. The van der Waals surface area contributed by atoms with Gasteiger partial charge in [-0.15, -0.1) is 0 Å². The van der Waals surface area contributed by atoms with Crippen molar-refractivity contribution < 1.29 is 9.53 Å². The summed E-state index contributed by atoms with van der Waals surface area (Å²) in [5.74, 6) is 0.501. The van der Waals surface area contributed by atoms with Crippen molar-refractivity contribution in [1.29, 1.82) is 5.26 Å². The average molecular weight is 327 g/mol. The zero-order valence-electron chi connectivity index (χ0n) is 14.3. The maximum atomic E-state index is 12.8. The molecule has 2 saturated heterocycles. The first kappa shape index (κ1) is 16.8. The molecule has 5 heteroatoms. The number of rotatable bonds is 4. The fraction of sp³-hybridized carbons (Fsp3) is 0.579. The van der Waals surface area contributed by atoms with E-state index in [1.807, 2.05) is 11.0 Å². The van der Waals surface area contributed by atoms with Crippen molar-refractivity contribution in [2.24, 2.45) is 0 Å². The first-order valence-electron chi connectivity index (χ1n) is 8.87. The molecule has 0 aromatic heterocycles. The Balaban J connectivity index is 1.61. The molecule has 0 aliphatic carbocycles. The van der Waals surface area contributed by atoms with Crippen LogP contribution in [-0.4, -0.2) is 54.0 Å². The molecule has 24 heavy (non-hydrogen) atoms. The highest BCUT2D eigenvalue weighted by Crippen LogP contribution is 2.22. The molecule has 0 radical (unpaired) electrons. The quantitative estimate of drug-likeness (QED) is 0.852. The van der Waals surface area contributed by atoms with Crippen LogP contribution in [0, 0.1) is 11.3 Å². The Morgan fingerprint density at radius 3 is 2.75 bits per heavy atom. The molecule has 2 aliphatic rings. The van der Waals surface area contributed by atoms with Gasteiger partial charge < -0.3 is 9.64 Å². The van der Waals surface area contributed by atoms with Gasteiger partial charge in [0.15, 0.2) is 6.10 Å². The predicted molar refractivity (Wildman–Crippen MR) is 91.7 cm³/mol. The topological polar surface area (TPSA) is 56.6 Å². The number of hydrogen-bond donors (Lipinski definition) is 0. The van der Waals surface area contributed by atoms with Gasteiger partial charge in [0.2, 0.25) is 0 Å². The van der Waals surface area contributed by atoms with E-state index in [0.717, 1.165) is 32.6 Å². The van der Waals surface area contributed by atoms with Crippen LogP contribution in [0.15, 0.2) is 24.3 Å². The monoisotopic (exact) mass is 327 g/mol. The second kappa shape index (κ2) is 7.67. The van der Waals surface area contributed by atoms with Crippen LogP contribution in [0.5, 0.6) is 5.75 Å². The van der Waals surface area contributed by atoms with Crippen molar-refractivity contribution in [1.82, 2.24) is 9.80 Å². The van der Waals surface area contributed by atoms with E-state index in [1.165, 1.54) is 19.3 Å². The molecule has 2 heterocycles. The summed E-state index contributed by atoms with van der Waals surface area (Å²) in [5, 5.41) is 9.14. The van der Waals surface area contributed by atoms with Gasteiger partial charge in [-0.25, -0.2) is 0 Å². The summed E-state index contributed by atoms with van der Waals surface area (Å²) in [6.07, 6.45) is 4.20. The van der Waals surface area contributed by atoms with Crippen LogP contribution in [-0.2, 0) is 4.79 Å². The third-order valence-corrected chi connectivity index (χ3v) is 5.02. The molecule has 1 aromatic carbocycles. The van der Waals surface area contributed by atoms with Crippen LogP contribution in [0.1, 0.15) is 38.2 Å². The Labute approximate surface area is 143 Å². The fourth-order valence-corrected chi connectivity index (χ4v) is 3.72. The Bertz CT molecular complexity index is 619. The van der Waals surface area contributed by atoms with Crippen molar-refractivity contribution in [3.8, 4) is 11.8 Å². The minimum absolute atomic E-state index is 0.0200. The molecular formula is C19H25N3O2. The van der Waals surface area contributed by atoms with Gasteiger partial charge in [-0.2, -0.15) is 5.26 Å². The molecule has 2 aliphatic heterocycles. The van der Waals surface area contributed by atoms with Gasteiger partial charge in [-0.05, 0) is 57.8 Å². The van der Waals surface area contributed by atoms with Crippen molar-refractivity contribution in [3.05, 3.63) is 29.8 Å². The molecule has 0 spiro atoms. The highest BCUT2D eigenvalue weighted by atomic mass is 16.5. The zero-order valence-corrected chi connectivity index (χ0v) is 14.3. The van der Waals surface area contributed by atoms with Crippen LogP contribution in [0.3, 0.4) is 0 Å². The summed E-state index contributed by atoms with van der Waals surface area (Å²) in [6.45, 7) is 5.70. The van der Waals surface area contributed by atoms with E-state index in [0.29, 0.717) is 17.4 Å². The zero-order chi connectivity index (χ0) is 16.9. The number of para-hydroxylation sites is 1. The maximum absolute atomic E-state index is 12.8. The van der Waals surface area contributed by atoms with E-state index in [-0.39, 0.29) is 5.91 Å². The summed E-state index contributed by atoms with van der Waals surface area (Å²) in [5.41, 5.74) is 0.464. The second-order valence-electron chi connectivity index (χ2n) is 6.69. The molecule has 0 bridgehead atoms. The van der Waals surface area contributed by atoms with E-state index in [4.69, 9.17) is 10.00 Å². The first-order chi connectivity index (χ1) is 11.7. The standard InChI is InChI=1S/C19H25N3O2/c1-15(24-18-9-3-2-7-16(18)13-20)19(23)22-12-6-8-17(14-22)21-10-4-5-11-21/h2-3,7,9,15,17H,4-6,8,10-12,14H2,1H3. The third kappa shape index (κ3) is 3.70. The molecule has 0 saturated carbocycles. The van der Waals surface area contributed by atoms with Crippen molar-refractivity contribution in [2.75, 3.05) is 26.2 Å². The van der Waals surface area contributed by atoms with Crippen LogP contribution in [0.2, 0.25) is 0 Å². The number of amides is 1. The van der Waals surface area contributed by atoms with Gasteiger partial charge in [0, 0.05) is 19.1 Å². The molecule has 1 amide bonds. The molecule has 2 fully saturated rings. The van der Waals surface area contributed by atoms with E-state index < -0.39 is 6.10 Å². The lowest BCUT2D eigenvalue weighted by Gasteiger charge is -2.38. The summed E-state index contributed by atoms with van der Waals surface area (Å²) in [7, 11) is 0. The largest absolute Gasteiger partial charge is 0.480 e. The Morgan fingerprint density at radius 1 is 1.25 bits per heavy atom. The molecule has 1 aromatic rings. The van der Waals surface area contributed by atoms with E-state index in [2.05, 4.69) is 11.0 Å². The molecule has 128 valence electrons. The van der Waals surface area contributed by atoms with Gasteiger partial charge in [-0.3, -0.25) is 9.69 Å². The normalized spacial score (nSPS) is 22.8. The van der Waals surface area contributed by atoms with E-state index >= 15 is 0 Å². The lowest BCUT2D eigenvalue weighted by atomic mass is 10.0. The summed E-state index contributed by atoms with van der Waals surface area (Å²) < 4.78 is 5.78. The number of nitrogens with zero attached hydrogens (tertiary/aromatic N) is 3. The molecule has 2 unspecified atom stereocenters. The smallest absolute Gasteiger partial charge is 0.263 e. The Hall–Kier alpha value is -2.06. The highest BCUT2D eigenvalue weighted by molar-refractivity contribution is 5.81. The van der Waals surface area contributed by atoms with Gasteiger partial charge in [0.1, 0.15) is 11.8 Å². The molecular weight excluding hydrogens is 302 g/mol. The maximum Gasteiger partial charge on any atom is 0.263 e. The molecule has 5 nitrogen and oxygen atoms in total. The van der Waals surface area contributed by atoms with Crippen LogP contribution in [0.4, 0.5) is 0 Å². The number of nitriles is 1. The molecule has 3 rings (SSSR count). The summed E-state index contributed by atoms with van der Waals surface area (Å²) in [4.78, 5) is 17.2. The predicted octanol–water partition coefficient (Wildman–Crippen LogP) is 2.41. The van der Waals surface area contributed by atoms with Gasteiger partial charge in [-0.1, -0.05) is 12.1 Å². The van der Waals surface area contributed by atoms with Gasteiger partial charge >= 0.3 is 0 Å². The number of benzene rings is 1. The van der Waals surface area contributed by atoms with E-state index in [1.54, 1.807) is 25.1 Å². The van der Waals surface area contributed by atoms with Crippen LogP contribution in [0.25, 0.3) is 0 Å². The molecule has 0 N–H and O–H groups in total. The summed E-state index contributed by atoms with van der Waals surface area (Å²) >= 11 is 0. The molecule has 2 atom stereocenters. The van der Waals surface area contributed by atoms with Crippen molar-refractivity contribution in [3.63, 3.8) is 0 Å². The van der Waals surface area contributed by atoms with Crippen LogP contribution < -0.4 is 4.74 Å². The highest BCUT2D eigenvalue weighted by Gasteiger charge is 2.31. The summed E-state index contributed by atoms with van der Waals surface area (Å²) in [6, 6.07) is 9.66. The first-order valence-corrected chi connectivity index (χ1v) is 8.87. The number of piperidine rings is 1. The van der Waals surface area contributed by atoms with E-state index in [9.17, 15) is 4.79 Å². The number of carbonyl (C=O) groups excluding carboxylic acids is 1. The SMILES string of the molecule is CC(Oc1ccccc1C#N)C(=O)N1CCCC(N2CCCC2)C1.